The molecule has 2 saturated heterocycles. The SMILES string of the molecule is Cc1cc2cc(NC(=NC3CCCCN(CC(=O)N4CCCC4)C3=O)Nc3ccc(C(N)=O)cn3)ccc2o1. The first-order valence-corrected chi connectivity index (χ1v) is 13.3. The van der Waals surface area contributed by atoms with E-state index < -0.39 is 11.9 Å². The third-order valence-corrected chi connectivity index (χ3v) is 7.02. The number of fused-ring (bicyclic) bond motifs is 1. The lowest BCUT2D eigenvalue weighted by Gasteiger charge is -2.25. The van der Waals surface area contributed by atoms with E-state index in [-0.39, 0.29) is 23.9 Å². The molecule has 2 fully saturated rings. The Morgan fingerprint density at radius 2 is 1.87 bits per heavy atom. The molecule has 0 radical (unpaired) electrons. The van der Waals surface area contributed by atoms with Gasteiger partial charge in [-0.05, 0) is 75.4 Å². The van der Waals surface area contributed by atoms with Gasteiger partial charge in [0, 0.05) is 36.9 Å². The quantitative estimate of drug-likeness (QED) is 0.327. The minimum absolute atomic E-state index is 0.00981. The maximum Gasteiger partial charge on any atom is 0.250 e. The van der Waals surface area contributed by atoms with Crippen LogP contribution in [0.3, 0.4) is 0 Å². The molecular weight excluding hydrogens is 498 g/mol. The molecule has 0 saturated carbocycles. The van der Waals surface area contributed by atoms with Gasteiger partial charge in [-0.3, -0.25) is 14.4 Å². The van der Waals surface area contributed by atoms with Crippen LogP contribution in [-0.4, -0.2) is 70.7 Å². The highest BCUT2D eigenvalue weighted by atomic mass is 16.3. The molecule has 0 spiro atoms. The van der Waals surface area contributed by atoms with E-state index in [0.717, 1.165) is 61.2 Å². The summed E-state index contributed by atoms with van der Waals surface area (Å²) in [6, 6.07) is 10.1. The number of benzene rings is 1. The van der Waals surface area contributed by atoms with Crippen LogP contribution in [0.15, 0.2) is 52.0 Å². The smallest absolute Gasteiger partial charge is 0.250 e. The monoisotopic (exact) mass is 531 g/mol. The van der Waals surface area contributed by atoms with Crippen molar-refractivity contribution < 1.29 is 18.8 Å². The maximum absolute atomic E-state index is 13.5. The molecule has 1 unspecified atom stereocenters. The number of hydrogen-bond donors (Lipinski definition) is 3. The largest absolute Gasteiger partial charge is 0.461 e. The highest BCUT2D eigenvalue weighted by Crippen LogP contribution is 2.23. The van der Waals surface area contributed by atoms with Gasteiger partial charge in [0.25, 0.3) is 0 Å². The molecule has 11 nitrogen and oxygen atoms in total. The lowest BCUT2D eigenvalue weighted by Crippen LogP contribution is -2.45. The summed E-state index contributed by atoms with van der Waals surface area (Å²) in [5, 5.41) is 7.35. The Morgan fingerprint density at radius 3 is 2.62 bits per heavy atom. The van der Waals surface area contributed by atoms with Gasteiger partial charge in [0.15, 0.2) is 0 Å². The van der Waals surface area contributed by atoms with E-state index in [0.29, 0.717) is 24.7 Å². The van der Waals surface area contributed by atoms with Gasteiger partial charge in [0.2, 0.25) is 23.7 Å². The number of likely N-dealkylation sites (tertiary alicyclic amines) is 2. The summed E-state index contributed by atoms with van der Waals surface area (Å²) >= 11 is 0. The van der Waals surface area contributed by atoms with Gasteiger partial charge in [-0.15, -0.1) is 0 Å². The van der Waals surface area contributed by atoms with Crippen LogP contribution < -0.4 is 16.4 Å². The Morgan fingerprint density at radius 1 is 1.08 bits per heavy atom. The van der Waals surface area contributed by atoms with E-state index in [1.54, 1.807) is 17.0 Å². The predicted octanol–water partition coefficient (Wildman–Crippen LogP) is 3.12. The zero-order valence-electron chi connectivity index (χ0n) is 22.0. The first-order chi connectivity index (χ1) is 18.9. The van der Waals surface area contributed by atoms with Gasteiger partial charge in [-0.2, -0.15) is 0 Å². The van der Waals surface area contributed by atoms with Gasteiger partial charge in [-0.25, -0.2) is 9.98 Å². The summed E-state index contributed by atoms with van der Waals surface area (Å²) in [7, 11) is 0. The number of amides is 3. The van der Waals surface area contributed by atoms with E-state index >= 15 is 0 Å². The van der Waals surface area contributed by atoms with E-state index in [9.17, 15) is 14.4 Å². The number of aryl methyl sites for hydroxylation is 1. The second-order valence-corrected chi connectivity index (χ2v) is 9.99. The standard InChI is InChI=1S/C28H33N7O4/c1-18-14-20-15-21(8-9-23(20)39-18)31-28(33-24-10-7-19(16-30-24)26(29)37)32-22-6-2-3-13-35(27(22)38)17-25(36)34-11-4-5-12-34/h7-10,14-16,22H,2-6,11-13,17H2,1H3,(H2,29,37)(H2,30,31,32,33). The average molecular weight is 532 g/mol. The number of carbonyl (C=O) groups excluding carboxylic acids is 3. The summed E-state index contributed by atoms with van der Waals surface area (Å²) in [5.74, 6) is 0.801. The fourth-order valence-electron chi connectivity index (χ4n) is 4.97. The molecule has 5 rings (SSSR count). The molecule has 4 N–H and O–H groups in total. The van der Waals surface area contributed by atoms with Crippen LogP contribution >= 0.6 is 0 Å². The van der Waals surface area contributed by atoms with Gasteiger partial charge in [0.1, 0.15) is 23.2 Å². The van der Waals surface area contributed by atoms with Crippen LogP contribution in [-0.2, 0) is 9.59 Å². The van der Waals surface area contributed by atoms with Crippen molar-refractivity contribution in [2.45, 2.75) is 45.1 Å². The number of aliphatic imine (C=N–C) groups is 1. The summed E-state index contributed by atoms with van der Waals surface area (Å²) in [4.78, 5) is 50.3. The van der Waals surface area contributed by atoms with E-state index in [4.69, 9.17) is 15.1 Å². The van der Waals surface area contributed by atoms with Crippen molar-refractivity contribution in [1.82, 2.24) is 14.8 Å². The van der Waals surface area contributed by atoms with E-state index in [1.165, 1.54) is 6.20 Å². The number of anilines is 2. The van der Waals surface area contributed by atoms with Crippen molar-refractivity contribution in [3.8, 4) is 0 Å². The number of nitrogens with two attached hydrogens (primary N) is 1. The first-order valence-electron chi connectivity index (χ1n) is 13.3. The number of nitrogens with zero attached hydrogens (tertiary/aromatic N) is 4. The zero-order valence-corrected chi connectivity index (χ0v) is 22.0. The number of rotatable bonds is 6. The highest BCUT2D eigenvalue weighted by molar-refractivity contribution is 6.05. The van der Waals surface area contributed by atoms with Crippen LogP contribution in [0.1, 0.15) is 48.2 Å². The Bertz CT molecular complexity index is 1390. The van der Waals surface area contributed by atoms with Crippen molar-refractivity contribution >= 4 is 46.2 Å². The molecule has 11 heteroatoms. The number of hydrogen-bond acceptors (Lipinski definition) is 6. The summed E-state index contributed by atoms with van der Waals surface area (Å²) < 4.78 is 5.68. The van der Waals surface area contributed by atoms with E-state index in [2.05, 4.69) is 15.6 Å². The Labute approximate surface area is 226 Å². The molecule has 2 aliphatic heterocycles. The highest BCUT2D eigenvalue weighted by Gasteiger charge is 2.30. The zero-order chi connectivity index (χ0) is 27.4. The van der Waals surface area contributed by atoms with Gasteiger partial charge in [-0.1, -0.05) is 0 Å². The second kappa shape index (κ2) is 11.5. The first kappa shape index (κ1) is 26.2. The molecular formula is C28H33N7O4. The topological polar surface area (TPSA) is 146 Å². The lowest BCUT2D eigenvalue weighted by atomic mass is 10.1. The van der Waals surface area contributed by atoms with Gasteiger partial charge < -0.3 is 30.6 Å². The molecule has 3 amide bonds. The molecule has 1 aromatic carbocycles. The van der Waals surface area contributed by atoms with Crippen molar-refractivity contribution in [3.05, 3.63) is 53.9 Å². The maximum atomic E-state index is 13.5. The number of guanidine groups is 1. The fourth-order valence-corrected chi connectivity index (χ4v) is 4.97. The fraction of sp³-hybridized carbons (Fsp3) is 0.393. The third-order valence-electron chi connectivity index (χ3n) is 7.02. The molecule has 0 bridgehead atoms. The molecule has 204 valence electrons. The second-order valence-electron chi connectivity index (χ2n) is 9.99. The van der Waals surface area contributed by atoms with Crippen LogP contribution in [0.5, 0.6) is 0 Å². The average Bonchev–Trinajstić information content (AvgIpc) is 3.55. The number of carbonyl (C=O) groups is 3. The molecule has 1 atom stereocenters. The van der Waals surface area contributed by atoms with Crippen molar-refractivity contribution in [2.24, 2.45) is 10.7 Å². The van der Waals surface area contributed by atoms with Crippen LogP contribution in [0.4, 0.5) is 11.5 Å². The lowest BCUT2D eigenvalue weighted by molar-refractivity contribution is -0.140. The molecule has 2 aromatic heterocycles. The molecule has 3 aromatic rings. The minimum Gasteiger partial charge on any atom is -0.461 e. The van der Waals surface area contributed by atoms with Crippen molar-refractivity contribution in [1.29, 1.82) is 0 Å². The summed E-state index contributed by atoms with van der Waals surface area (Å²) in [6.45, 7) is 4.01. The predicted molar refractivity (Wildman–Crippen MR) is 148 cm³/mol. The number of pyridine rings is 1. The number of aromatic nitrogens is 1. The van der Waals surface area contributed by atoms with Crippen LogP contribution in [0, 0.1) is 6.92 Å². The van der Waals surface area contributed by atoms with Crippen molar-refractivity contribution in [2.75, 3.05) is 36.8 Å². The van der Waals surface area contributed by atoms with Crippen LogP contribution in [0.2, 0.25) is 0 Å². The molecule has 4 heterocycles. The normalized spacial score (nSPS) is 18.3. The molecule has 0 aliphatic carbocycles. The molecule has 2 aliphatic rings. The Balaban J connectivity index is 1.40. The van der Waals surface area contributed by atoms with E-state index in [1.807, 2.05) is 36.1 Å². The van der Waals surface area contributed by atoms with Crippen LogP contribution in [0.25, 0.3) is 11.0 Å². The Hall–Kier alpha value is -4.41. The number of furan rings is 1. The van der Waals surface area contributed by atoms with Gasteiger partial charge in [0.05, 0.1) is 12.1 Å². The minimum atomic E-state index is -0.668. The van der Waals surface area contributed by atoms with Crippen molar-refractivity contribution in [3.63, 3.8) is 0 Å². The number of nitrogens with one attached hydrogen (secondary N) is 2. The molecule has 39 heavy (non-hydrogen) atoms. The number of primary amides is 1. The Kier molecular flexibility index (Phi) is 7.76. The summed E-state index contributed by atoms with van der Waals surface area (Å²) in [5.41, 5.74) is 7.14. The van der Waals surface area contributed by atoms with Gasteiger partial charge >= 0.3 is 0 Å². The third kappa shape index (κ3) is 6.36. The summed E-state index contributed by atoms with van der Waals surface area (Å²) in [6.07, 6.45) is 5.58.